The second-order valence-corrected chi connectivity index (χ2v) is 4.33. The van der Waals surface area contributed by atoms with Gasteiger partial charge in [0.1, 0.15) is 0 Å². The molecule has 0 aliphatic heterocycles. The number of hydrogen-bond acceptors (Lipinski definition) is 2. The van der Waals surface area contributed by atoms with Gasteiger partial charge in [0.05, 0.1) is 19.3 Å². The van der Waals surface area contributed by atoms with E-state index in [0.717, 1.165) is 12.0 Å². The van der Waals surface area contributed by atoms with Crippen molar-refractivity contribution in [1.29, 1.82) is 0 Å². The van der Waals surface area contributed by atoms with Crippen LogP contribution in [0.1, 0.15) is 18.4 Å². The zero-order valence-electron chi connectivity index (χ0n) is 10.8. The van der Waals surface area contributed by atoms with Crippen LogP contribution in [-0.2, 0) is 11.3 Å². The number of hydrogen-bond donors (Lipinski definition) is 1. The van der Waals surface area contributed by atoms with Crippen LogP contribution in [-0.4, -0.2) is 17.8 Å². The number of aliphatic hydroxyl groups is 1. The number of rotatable bonds is 9. The Labute approximate surface area is 110 Å². The van der Waals surface area contributed by atoms with Crippen molar-refractivity contribution in [2.75, 3.05) is 6.61 Å². The van der Waals surface area contributed by atoms with Gasteiger partial charge in [-0.25, -0.2) is 0 Å². The van der Waals surface area contributed by atoms with Crippen LogP contribution in [0, 0.1) is 5.92 Å². The summed E-state index contributed by atoms with van der Waals surface area (Å²) < 4.78 is 5.62. The van der Waals surface area contributed by atoms with Crippen molar-refractivity contribution in [3.8, 4) is 0 Å². The molecule has 2 atom stereocenters. The summed E-state index contributed by atoms with van der Waals surface area (Å²) >= 11 is 0. The molecular weight excluding hydrogens is 224 g/mol. The highest BCUT2D eigenvalue weighted by Gasteiger charge is 2.15. The van der Waals surface area contributed by atoms with E-state index in [1.165, 1.54) is 0 Å². The van der Waals surface area contributed by atoms with Gasteiger partial charge >= 0.3 is 0 Å². The molecule has 0 fully saturated rings. The third-order valence-electron chi connectivity index (χ3n) is 2.89. The molecule has 0 aromatic heterocycles. The maximum atomic E-state index is 9.94. The average molecular weight is 246 g/mol. The van der Waals surface area contributed by atoms with Gasteiger partial charge < -0.3 is 9.84 Å². The molecule has 0 heterocycles. The van der Waals surface area contributed by atoms with Gasteiger partial charge in [0, 0.05) is 5.92 Å². The third kappa shape index (κ3) is 5.30. The predicted molar refractivity (Wildman–Crippen MR) is 75.2 cm³/mol. The molecule has 0 radical (unpaired) electrons. The van der Waals surface area contributed by atoms with E-state index in [1.807, 2.05) is 36.4 Å². The summed E-state index contributed by atoms with van der Waals surface area (Å²) in [6.45, 7) is 8.47. The van der Waals surface area contributed by atoms with Crippen LogP contribution in [0.5, 0.6) is 0 Å². The van der Waals surface area contributed by atoms with Crippen molar-refractivity contribution < 1.29 is 9.84 Å². The fourth-order valence-electron chi connectivity index (χ4n) is 1.73. The first-order chi connectivity index (χ1) is 8.77. The SMILES string of the molecule is C=CCC[C@H](O)[C@@H](C=C)COCc1ccccc1. The van der Waals surface area contributed by atoms with Crippen LogP contribution in [0.25, 0.3) is 0 Å². The van der Waals surface area contributed by atoms with Gasteiger partial charge in [-0.1, -0.05) is 42.5 Å². The standard InChI is InChI=1S/C16H22O2/c1-3-5-11-16(17)15(4-2)13-18-12-14-9-7-6-8-10-14/h3-4,6-10,15-17H,1-2,5,11-13H2/t15-,16-/m0/s1. The lowest BCUT2D eigenvalue weighted by Gasteiger charge is -2.19. The molecule has 0 spiro atoms. The molecule has 2 nitrogen and oxygen atoms in total. The van der Waals surface area contributed by atoms with Crippen molar-refractivity contribution in [3.05, 3.63) is 61.2 Å². The van der Waals surface area contributed by atoms with E-state index in [-0.39, 0.29) is 5.92 Å². The highest BCUT2D eigenvalue weighted by Crippen LogP contribution is 2.13. The predicted octanol–water partition coefficient (Wildman–Crippen LogP) is 3.33. The lowest BCUT2D eigenvalue weighted by atomic mass is 9.99. The Bertz CT molecular complexity index is 345. The fourth-order valence-corrected chi connectivity index (χ4v) is 1.73. The minimum absolute atomic E-state index is 0.0198. The molecule has 1 N–H and O–H groups in total. The van der Waals surface area contributed by atoms with Crippen LogP contribution in [0.2, 0.25) is 0 Å². The second-order valence-electron chi connectivity index (χ2n) is 4.33. The van der Waals surface area contributed by atoms with Crippen LogP contribution in [0.15, 0.2) is 55.6 Å². The molecule has 98 valence electrons. The van der Waals surface area contributed by atoms with Crippen molar-refractivity contribution >= 4 is 0 Å². The summed E-state index contributed by atoms with van der Waals surface area (Å²) in [6.07, 6.45) is 4.68. The molecule has 1 aromatic carbocycles. The highest BCUT2D eigenvalue weighted by atomic mass is 16.5. The molecule has 1 aromatic rings. The molecule has 1 rings (SSSR count). The normalized spacial score (nSPS) is 13.8. The number of allylic oxidation sites excluding steroid dienone is 1. The topological polar surface area (TPSA) is 29.5 Å². The summed E-state index contributed by atoms with van der Waals surface area (Å²) in [7, 11) is 0. The lowest BCUT2D eigenvalue weighted by Crippen LogP contribution is -2.23. The molecule has 0 bridgehead atoms. The van der Waals surface area contributed by atoms with Gasteiger partial charge in [-0.05, 0) is 18.4 Å². The highest BCUT2D eigenvalue weighted by molar-refractivity contribution is 5.13. The smallest absolute Gasteiger partial charge is 0.0717 e. The number of ether oxygens (including phenoxy) is 1. The Balaban J connectivity index is 2.31. The van der Waals surface area contributed by atoms with Gasteiger partial charge in [0.15, 0.2) is 0 Å². The van der Waals surface area contributed by atoms with Gasteiger partial charge in [0.25, 0.3) is 0 Å². The second kappa shape index (κ2) is 8.67. The summed E-state index contributed by atoms with van der Waals surface area (Å²) in [5.41, 5.74) is 1.14. The summed E-state index contributed by atoms with van der Waals surface area (Å²) in [5.74, 6) is -0.0198. The first-order valence-electron chi connectivity index (χ1n) is 6.31. The van der Waals surface area contributed by atoms with Crippen LogP contribution >= 0.6 is 0 Å². The Hall–Kier alpha value is -1.38. The van der Waals surface area contributed by atoms with Crippen LogP contribution < -0.4 is 0 Å². The third-order valence-corrected chi connectivity index (χ3v) is 2.89. The number of benzene rings is 1. The first-order valence-corrected chi connectivity index (χ1v) is 6.31. The van der Waals surface area contributed by atoms with E-state index < -0.39 is 6.10 Å². The monoisotopic (exact) mass is 246 g/mol. The van der Waals surface area contributed by atoms with Crippen LogP contribution in [0.3, 0.4) is 0 Å². The molecule has 0 aliphatic rings. The maximum absolute atomic E-state index is 9.94. The Morgan fingerprint density at radius 1 is 1.22 bits per heavy atom. The van der Waals surface area contributed by atoms with E-state index in [9.17, 15) is 5.11 Å². The van der Waals surface area contributed by atoms with Gasteiger partial charge in [-0.3, -0.25) is 0 Å². The Morgan fingerprint density at radius 3 is 2.56 bits per heavy atom. The fraction of sp³-hybridized carbons (Fsp3) is 0.375. The first kappa shape index (κ1) is 14.7. The van der Waals surface area contributed by atoms with E-state index in [1.54, 1.807) is 6.08 Å². The molecule has 0 saturated carbocycles. The van der Waals surface area contributed by atoms with E-state index in [0.29, 0.717) is 19.6 Å². The zero-order chi connectivity index (χ0) is 13.2. The van der Waals surface area contributed by atoms with Gasteiger partial charge in [0.2, 0.25) is 0 Å². The quantitative estimate of drug-likeness (QED) is 0.677. The minimum atomic E-state index is -0.406. The molecule has 0 unspecified atom stereocenters. The average Bonchev–Trinajstić information content (AvgIpc) is 2.42. The molecular formula is C16H22O2. The van der Waals surface area contributed by atoms with Crippen LogP contribution in [0.4, 0.5) is 0 Å². The molecule has 2 heteroatoms. The molecule has 0 amide bonds. The molecule has 0 saturated heterocycles. The summed E-state index contributed by atoms with van der Waals surface area (Å²) in [6, 6.07) is 10.0. The largest absolute Gasteiger partial charge is 0.392 e. The van der Waals surface area contributed by atoms with E-state index >= 15 is 0 Å². The summed E-state index contributed by atoms with van der Waals surface area (Å²) in [4.78, 5) is 0. The van der Waals surface area contributed by atoms with Crippen molar-refractivity contribution in [2.24, 2.45) is 5.92 Å². The molecule has 18 heavy (non-hydrogen) atoms. The maximum Gasteiger partial charge on any atom is 0.0717 e. The van der Waals surface area contributed by atoms with Crippen molar-refractivity contribution in [1.82, 2.24) is 0 Å². The minimum Gasteiger partial charge on any atom is -0.392 e. The molecule has 0 aliphatic carbocycles. The van der Waals surface area contributed by atoms with E-state index in [2.05, 4.69) is 13.2 Å². The van der Waals surface area contributed by atoms with Crippen molar-refractivity contribution in [3.63, 3.8) is 0 Å². The van der Waals surface area contributed by atoms with E-state index in [4.69, 9.17) is 4.74 Å². The Kier molecular flexibility index (Phi) is 7.07. The van der Waals surface area contributed by atoms with Gasteiger partial charge in [-0.15, -0.1) is 13.2 Å². The van der Waals surface area contributed by atoms with Gasteiger partial charge in [-0.2, -0.15) is 0 Å². The lowest BCUT2D eigenvalue weighted by molar-refractivity contribution is 0.0375. The Morgan fingerprint density at radius 2 is 1.94 bits per heavy atom. The number of aliphatic hydroxyl groups excluding tert-OH is 1. The van der Waals surface area contributed by atoms with Crippen molar-refractivity contribution in [2.45, 2.75) is 25.6 Å². The zero-order valence-corrected chi connectivity index (χ0v) is 10.8. The summed E-state index contributed by atoms with van der Waals surface area (Å²) in [5, 5.41) is 9.94.